The van der Waals surface area contributed by atoms with Crippen LogP contribution < -0.4 is 4.74 Å². The second kappa shape index (κ2) is 13.0. The van der Waals surface area contributed by atoms with Crippen LogP contribution in [0, 0.1) is 0 Å². The van der Waals surface area contributed by atoms with E-state index in [2.05, 4.69) is 4.90 Å². The Balaban J connectivity index is 1.36. The van der Waals surface area contributed by atoms with Gasteiger partial charge in [0.25, 0.3) is 0 Å². The second-order valence-corrected chi connectivity index (χ2v) is 12.5. The van der Waals surface area contributed by atoms with Gasteiger partial charge in [-0.15, -0.1) is 0 Å². The van der Waals surface area contributed by atoms with Crippen LogP contribution in [0.15, 0.2) is 24.0 Å². The quantitative estimate of drug-likeness (QED) is 0.0838. The number of aliphatic hydroxyl groups excluding tert-OH is 2. The number of aromatic hydroxyl groups is 1. The molecule has 17 nitrogen and oxygen atoms in total. The number of hydrogen-bond donors (Lipinski definition) is 6. The largest absolute Gasteiger partial charge is 0.504 e. The van der Waals surface area contributed by atoms with E-state index >= 15 is 0 Å². The molecule has 0 radical (unpaired) electrons. The summed E-state index contributed by atoms with van der Waals surface area (Å²) in [5, 5.41) is 61.2. The van der Waals surface area contributed by atoms with Crippen molar-refractivity contribution in [1.29, 1.82) is 0 Å². The number of carboxylic acids is 2. The topological polar surface area (TPSA) is 256 Å². The highest BCUT2D eigenvalue weighted by atomic mass is 16.7. The molecule has 2 unspecified atom stereocenters. The minimum atomic E-state index is -2.23. The molecule has 1 saturated heterocycles. The van der Waals surface area contributed by atoms with Gasteiger partial charge in [-0.2, -0.15) is 0 Å². The Hall–Kier alpha value is -4.29. The van der Waals surface area contributed by atoms with Crippen molar-refractivity contribution >= 4 is 29.8 Å². The summed E-state index contributed by atoms with van der Waals surface area (Å²) in [7, 11) is 1.91. The van der Waals surface area contributed by atoms with E-state index in [1.165, 1.54) is 12.1 Å². The number of esters is 3. The normalized spacial score (nSPS) is 28.3. The Labute approximate surface area is 273 Å². The number of ether oxygens (including phenoxy) is 5. The Morgan fingerprint density at radius 2 is 1.73 bits per heavy atom. The number of hydrogen-bond acceptors (Lipinski definition) is 15. The number of carboxylic acid groups (broad SMARTS) is 2. The lowest BCUT2D eigenvalue weighted by molar-refractivity contribution is -0.216. The number of aliphatic carboxylic acids is 2. The number of aliphatic hydroxyl groups is 3. The van der Waals surface area contributed by atoms with Crippen molar-refractivity contribution in [1.82, 2.24) is 4.90 Å². The van der Waals surface area contributed by atoms with Crippen molar-refractivity contribution in [3.8, 4) is 11.5 Å². The third-order valence-electron chi connectivity index (χ3n) is 9.52. The molecule has 262 valence electrons. The van der Waals surface area contributed by atoms with Gasteiger partial charge in [0.2, 0.25) is 0 Å². The van der Waals surface area contributed by atoms with Gasteiger partial charge >= 0.3 is 29.8 Å². The van der Waals surface area contributed by atoms with Gasteiger partial charge in [0, 0.05) is 18.0 Å². The summed E-state index contributed by atoms with van der Waals surface area (Å²) in [5.74, 6) is -6.82. The number of benzene rings is 1. The predicted molar refractivity (Wildman–Crippen MR) is 155 cm³/mol. The predicted octanol–water partition coefficient (Wildman–Crippen LogP) is -0.910. The standard InChI is InChI=1S/C31H37NO16/c1-13(26(37)38)44-28(41)14(2)45-29(42)19(47-21(35)11-17(34)27(39)40)12-22(36)46-18-6-7-31(43)20-10-15-4-5-16(33)24-23(15)30(31,25(18)48-24)8-9-32(20)3/h4-6,13-14,17,19-20,25,29,33-34,42-43H,7-12H2,1-3H3,(H,37,38)(H,39,40)/t13-,14-,17-,19-,20+,25-,29?,30?,31+/m0/s1. The Bertz CT molecular complexity index is 1540. The highest BCUT2D eigenvalue weighted by Gasteiger charge is 2.72. The van der Waals surface area contributed by atoms with Gasteiger partial charge in [-0.05, 0) is 58.0 Å². The van der Waals surface area contributed by atoms with Crippen LogP contribution in [0.2, 0.25) is 0 Å². The van der Waals surface area contributed by atoms with E-state index in [1.807, 2.05) is 7.05 Å². The molecule has 2 bridgehead atoms. The van der Waals surface area contributed by atoms with Crippen molar-refractivity contribution in [2.24, 2.45) is 0 Å². The van der Waals surface area contributed by atoms with E-state index in [9.17, 15) is 44.4 Å². The lowest BCUT2D eigenvalue weighted by Gasteiger charge is -2.61. The molecule has 0 aromatic heterocycles. The van der Waals surface area contributed by atoms with E-state index in [0.29, 0.717) is 24.9 Å². The molecule has 6 N–H and O–H groups in total. The first-order valence-electron chi connectivity index (χ1n) is 15.2. The number of nitrogens with zero attached hydrogens (tertiary/aromatic N) is 1. The van der Waals surface area contributed by atoms with E-state index in [4.69, 9.17) is 33.9 Å². The third kappa shape index (κ3) is 5.96. The van der Waals surface area contributed by atoms with Crippen LogP contribution in [-0.4, -0.2) is 127 Å². The number of piperidine rings is 1. The zero-order valence-corrected chi connectivity index (χ0v) is 26.2. The number of carbonyl (C=O) groups excluding carboxylic acids is 3. The molecule has 1 aromatic carbocycles. The van der Waals surface area contributed by atoms with Crippen LogP contribution in [0.1, 0.15) is 50.7 Å². The molecular formula is C31H37NO16. The van der Waals surface area contributed by atoms with Gasteiger partial charge in [-0.1, -0.05) is 6.07 Å². The number of likely N-dealkylation sites (tertiary alicyclic amines) is 1. The highest BCUT2D eigenvalue weighted by molar-refractivity contribution is 5.81. The van der Waals surface area contributed by atoms with E-state index in [1.54, 1.807) is 6.07 Å². The molecule has 1 aromatic rings. The minimum Gasteiger partial charge on any atom is -0.504 e. The Morgan fingerprint density at radius 3 is 2.40 bits per heavy atom. The van der Waals surface area contributed by atoms with Gasteiger partial charge in [-0.25, -0.2) is 14.4 Å². The molecule has 2 heterocycles. The molecule has 9 atom stereocenters. The van der Waals surface area contributed by atoms with Crippen LogP contribution in [0.4, 0.5) is 0 Å². The molecule has 2 aliphatic heterocycles. The first kappa shape index (κ1) is 35.0. The number of rotatable bonds is 13. The number of phenolic OH excluding ortho intramolecular Hbond substituents is 1. The van der Waals surface area contributed by atoms with Crippen molar-refractivity contribution in [2.75, 3.05) is 13.6 Å². The van der Waals surface area contributed by atoms with Crippen LogP contribution in [-0.2, 0) is 54.8 Å². The monoisotopic (exact) mass is 679 g/mol. The molecule has 4 aliphatic rings. The Kier molecular flexibility index (Phi) is 9.46. The molecule has 48 heavy (non-hydrogen) atoms. The number of phenols is 1. The Morgan fingerprint density at radius 1 is 1.02 bits per heavy atom. The maximum Gasteiger partial charge on any atom is 0.344 e. The minimum absolute atomic E-state index is 0.00202. The number of likely N-dealkylation sites (N-methyl/N-ethyl adjacent to an activating group) is 1. The third-order valence-corrected chi connectivity index (χ3v) is 9.52. The zero-order chi connectivity index (χ0) is 35.3. The van der Waals surface area contributed by atoms with Crippen LogP contribution in [0.3, 0.4) is 0 Å². The molecule has 5 rings (SSSR count). The summed E-state index contributed by atoms with van der Waals surface area (Å²) in [4.78, 5) is 62.2. The fraction of sp³-hybridized carbons (Fsp3) is 0.581. The van der Waals surface area contributed by atoms with Gasteiger partial charge in [0.1, 0.15) is 5.76 Å². The molecule has 0 saturated carbocycles. The van der Waals surface area contributed by atoms with Crippen LogP contribution in [0.25, 0.3) is 0 Å². The molecular weight excluding hydrogens is 642 g/mol. The highest BCUT2D eigenvalue weighted by Crippen LogP contribution is 2.65. The first-order valence-corrected chi connectivity index (χ1v) is 15.2. The summed E-state index contributed by atoms with van der Waals surface area (Å²) in [6, 6.07) is 2.97. The van der Waals surface area contributed by atoms with Crippen molar-refractivity contribution in [2.45, 2.75) is 99.8 Å². The molecule has 17 heteroatoms. The fourth-order valence-electron chi connectivity index (χ4n) is 7.11. The fourth-order valence-corrected chi connectivity index (χ4v) is 7.11. The average Bonchev–Trinajstić information content (AvgIpc) is 3.37. The average molecular weight is 680 g/mol. The maximum absolute atomic E-state index is 13.4. The van der Waals surface area contributed by atoms with Crippen molar-refractivity contribution in [3.05, 3.63) is 35.1 Å². The summed E-state index contributed by atoms with van der Waals surface area (Å²) in [6.45, 7) is 2.74. The van der Waals surface area contributed by atoms with Crippen LogP contribution in [0.5, 0.6) is 11.5 Å². The van der Waals surface area contributed by atoms with E-state index < -0.39 is 90.5 Å². The van der Waals surface area contributed by atoms with Crippen molar-refractivity contribution < 1.29 is 78.3 Å². The maximum atomic E-state index is 13.4. The second-order valence-electron chi connectivity index (χ2n) is 12.5. The smallest absolute Gasteiger partial charge is 0.344 e. The zero-order valence-electron chi connectivity index (χ0n) is 26.2. The van der Waals surface area contributed by atoms with E-state index in [0.717, 1.165) is 19.4 Å². The lowest BCUT2D eigenvalue weighted by atomic mass is 9.50. The van der Waals surface area contributed by atoms with Crippen LogP contribution >= 0.6 is 0 Å². The van der Waals surface area contributed by atoms with Gasteiger partial charge in [-0.3, -0.25) is 9.59 Å². The first-order chi connectivity index (χ1) is 22.5. The molecule has 0 amide bonds. The van der Waals surface area contributed by atoms with Gasteiger partial charge < -0.3 is 59.2 Å². The summed E-state index contributed by atoms with van der Waals surface area (Å²) in [6.07, 6.45) is -10.1. The van der Waals surface area contributed by atoms with E-state index in [-0.39, 0.29) is 29.7 Å². The summed E-state index contributed by atoms with van der Waals surface area (Å²) in [5.41, 5.74) is -0.907. The molecule has 1 fully saturated rings. The summed E-state index contributed by atoms with van der Waals surface area (Å²) >= 11 is 0. The molecule has 1 spiro atoms. The summed E-state index contributed by atoms with van der Waals surface area (Å²) < 4.78 is 26.8. The molecule has 2 aliphatic carbocycles. The van der Waals surface area contributed by atoms with Crippen molar-refractivity contribution in [3.63, 3.8) is 0 Å². The SMILES string of the molecule is C[C@H](OC(=O)[C@H](C)OC(O)[C@H](CC(=O)OC1=CC[C@@]2(O)[C@H]3Cc4ccc(O)c5c4C2(CCN3C)[C@H]1O5)OC(=O)C[C@H](O)C(=O)O)C(=O)O. The number of carbonyl (C=O) groups is 5. The lowest BCUT2D eigenvalue weighted by Crippen LogP contribution is -2.74. The van der Waals surface area contributed by atoms with Gasteiger partial charge in [0.05, 0.1) is 23.9 Å². The van der Waals surface area contributed by atoms with Gasteiger partial charge in [0.15, 0.2) is 48.3 Å².